The van der Waals surface area contributed by atoms with Gasteiger partial charge >= 0.3 is 0 Å². The fourth-order valence-corrected chi connectivity index (χ4v) is 3.48. The summed E-state index contributed by atoms with van der Waals surface area (Å²) in [5.74, 6) is 0. The molecule has 0 aromatic carbocycles. The van der Waals surface area contributed by atoms with Crippen LogP contribution in [-0.4, -0.2) is 61.6 Å². The molecule has 2 N–H and O–H groups in total. The van der Waals surface area contributed by atoms with Crippen LogP contribution in [0.1, 0.15) is 33.6 Å². The smallest absolute Gasteiger partial charge is 0.219 e. The summed E-state index contributed by atoms with van der Waals surface area (Å²) >= 11 is 0. The Kier molecular flexibility index (Phi) is 5.58. The molecular formula is C12H27N3O2S. The van der Waals surface area contributed by atoms with E-state index in [0.717, 1.165) is 39.0 Å². The SMILES string of the molecule is CC(C)(C)S(=O)(=O)N1CCN(CCCCN)CC1. The van der Waals surface area contributed by atoms with Crippen LogP contribution in [0.15, 0.2) is 0 Å². The minimum atomic E-state index is -3.16. The summed E-state index contributed by atoms with van der Waals surface area (Å²) in [7, 11) is -3.16. The summed E-state index contributed by atoms with van der Waals surface area (Å²) in [5, 5.41) is 0. The summed E-state index contributed by atoms with van der Waals surface area (Å²) in [6, 6.07) is 0. The monoisotopic (exact) mass is 277 g/mol. The molecule has 18 heavy (non-hydrogen) atoms. The summed E-state index contributed by atoms with van der Waals surface area (Å²) in [5.41, 5.74) is 5.47. The number of nitrogens with zero attached hydrogens (tertiary/aromatic N) is 2. The molecule has 1 fully saturated rings. The Labute approximate surface area is 111 Å². The van der Waals surface area contributed by atoms with Crippen LogP contribution in [-0.2, 0) is 10.0 Å². The maximum atomic E-state index is 12.3. The van der Waals surface area contributed by atoms with Gasteiger partial charge in [-0.1, -0.05) is 0 Å². The molecule has 0 radical (unpaired) electrons. The predicted molar refractivity (Wildman–Crippen MR) is 75.0 cm³/mol. The highest BCUT2D eigenvalue weighted by molar-refractivity contribution is 7.90. The molecule has 0 spiro atoms. The molecule has 0 aromatic heterocycles. The van der Waals surface area contributed by atoms with Crippen molar-refractivity contribution in [3.05, 3.63) is 0 Å². The average Bonchev–Trinajstić information content (AvgIpc) is 2.28. The normalized spacial score (nSPS) is 20.2. The second-order valence-corrected chi connectivity index (χ2v) is 8.55. The summed E-state index contributed by atoms with van der Waals surface area (Å²) in [6.45, 7) is 9.94. The van der Waals surface area contributed by atoms with Gasteiger partial charge in [-0.05, 0) is 46.7 Å². The molecule has 1 heterocycles. The molecule has 1 rings (SSSR count). The second kappa shape index (κ2) is 6.32. The number of hydrogen-bond donors (Lipinski definition) is 1. The van der Waals surface area contributed by atoms with Crippen LogP contribution < -0.4 is 5.73 Å². The maximum Gasteiger partial charge on any atom is 0.219 e. The van der Waals surface area contributed by atoms with Crippen molar-refractivity contribution in [2.45, 2.75) is 38.4 Å². The average molecular weight is 277 g/mol. The summed E-state index contributed by atoms with van der Waals surface area (Å²) in [4.78, 5) is 2.32. The molecule has 0 atom stereocenters. The van der Waals surface area contributed by atoms with Crippen LogP contribution in [0.25, 0.3) is 0 Å². The van der Waals surface area contributed by atoms with E-state index >= 15 is 0 Å². The molecule has 1 aliphatic heterocycles. The zero-order valence-corrected chi connectivity index (χ0v) is 12.7. The third kappa shape index (κ3) is 3.91. The first-order valence-corrected chi connectivity index (χ1v) is 8.15. The van der Waals surface area contributed by atoms with Crippen molar-refractivity contribution in [3.8, 4) is 0 Å². The molecule has 0 saturated carbocycles. The van der Waals surface area contributed by atoms with Crippen molar-refractivity contribution in [2.75, 3.05) is 39.3 Å². The number of nitrogens with two attached hydrogens (primary N) is 1. The lowest BCUT2D eigenvalue weighted by Gasteiger charge is -2.37. The van der Waals surface area contributed by atoms with Gasteiger partial charge in [0.25, 0.3) is 0 Å². The molecule has 1 saturated heterocycles. The van der Waals surface area contributed by atoms with E-state index in [1.165, 1.54) is 0 Å². The van der Waals surface area contributed by atoms with Gasteiger partial charge in [0.05, 0.1) is 4.75 Å². The van der Waals surface area contributed by atoms with Crippen molar-refractivity contribution >= 4 is 10.0 Å². The molecule has 0 amide bonds. The fourth-order valence-electron chi connectivity index (χ4n) is 2.06. The maximum absolute atomic E-state index is 12.3. The molecular weight excluding hydrogens is 250 g/mol. The topological polar surface area (TPSA) is 66.6 Å². The lowest BCUT2D eigenvalue weighted by Crippen LogP contribution is -2.52. The Morgan fingerprint density at radius 2 is 1.61 bits per heavy atom. The van der Waals surface area contributed by atoms with Gasteiger partial charge in [-0.25, -0.2) is 8.42 Å². The number of sulfonamides is 1. The van der Waals surface area contributed by atoms with Gasteiger partial charge in [-0.15, -0.1) is 0 Å². The lowest BCUT2D eigenvalue weighted by molar-refractivity contribution is 0.184. The molecule has 0 unspecified atom stereocenters. The van der Waals surface area contributed by atoms with Gasteiger partial charge in [0.2, 0.25) is 10.0 Å². The Balaban J connectivity index is 2.45. The van der Waals surface area contributed by atoms with E-state index in [4.69, 9.17) is 5.73 Å². The lowest BCUT2D eigenvalue weighted by atomic mass is 10.2. The number of hydrogen-bond acceptors (Lipinski definition) is 4. The van der Waals surface area contributed by atoms with Crippen LogP contribution in [0.3, 0.4) is 0 Å². The van der Waals surface area contributed by atoms with Crippen molar-refractivity contribution < 1.29 is 8.42 Å². The van der Waals surface area contributed by atoms with Crippen LogP contribution in [0, 0.1) is 0 Å². The Hall–Kier alpha value is -0.170. The molecule has 1 aliphatic rings. The molecule has 0 aromatic rings. The zero-order valence-electron chi connectivity index (χ0n) is 11.9. The first-order valence-electron chi connectivity index (χ1n) is 6.71. The number of piperazine rings is 1. The van der Waals surface area contributed by atoms with Crippen LogP contribution in [0.5, 0.6) is 0 Å². The number of rotatable bonds is 5. The molecule has 108 valence electrons. The van der Waals surface area contributed by atoms with E-state index in [9.17, 15) is 8.42 Å². The second-order valence-electron chi connectivity index (χ2n) is 5.85. The summed E-state index contributed by atoms with van der Waals surface area (Å²) in [6.07, 6.45) is 2.14. The molecule has 5 nitrogen and oxygen atoms in total. The van der Waals surface area contributed by atoms with Crippen LogP contribution in [0.2, 0.25) is 0 Å². The van der Waals surface area contributed by atoms with Crippen LogP contribution >= 0.6 is 0 Å². The van der Waals surface area contributed by atoms with E-state index in [2.05, 4.69) is 4.90 Å². The van der Waals surface area contributed by atoms with Crippen molar-refractivity contribution in [1.82, 2.24) is 9.21 Å². The van der Waals surface area contributed by atoms with Gasteiger partial charge in [0.15, 0.2) is 0 Å². The van der Waals surface area contributed by atoms with E-state index < -0.39 is 14.8 Å². The Bertz CT molecular complexity index is 341. The molecule has 0 aliphatic carbocycles. The van der Waals surface area contributed by atoms with Gasteiger partial charge in [0.1, 0.15) is 0 Å². The third-order valence-electron chi connectivity index (χ3n) is 3.37. The van der Waals surface area contributed by atoms with E-state index in [1.807, 2.05) is 0 Å². The Morgan fingerprint density at radius 1 is 1.06 bits per heavy atom. The van der Waals surface area contributed by atoms with Gasteiger partial charge < -0.3 is 10.6 Å². The quantitative estimate of drug-likeness (QED) is 0.742. The fraction of sp³-hybridized carbons (Fsp3) is 1.00. The standard InChI is InChI=1S/C12H27N3O2S/c1-12(2,3)18(16,17)15-10-8-14(9-11-15)7-5-4-6-13/h4-11,13H2,1-3H3. The third-order valence-corrected chi connectivity index (χ3v) is 5.97. The van der Waals surface area contributed by atoms with Crippen LogP contribution in [0.4, 0.5) is 0 Å². The first-order chi connectivity index (χ1) is 8.29. The molecule has 6 heteroatoms. The minimum Gasteiger partial charge on any atom is -0.330 e. The zero-order chi connectivity index (χ0) is 13.8. The highest BCUT2D eigenvalue weighted by atomic mass is 32.2. The van der Waals surface area contributed by atoms with Crippen molar-refractivity contribution in [1.29, 1.82) is 0 Å². The predicted octanol–water partition coefficient (Wildman–Crippen LogP) is 0.471. The highest BCUT2D eigenvalue weighted by Gasteiger charge is 2.36. The van der Waals surface area contributed by atoms with Gasteiger partial charge in [-0.2, -0.15) is 4.31 Å². The van der Waals surface area contributed by atoms with E-state index in [1.54, 1.807) is 25.1 Å². The Morgan fingerprint density at radius 3 is 2.06 bits per heavy atom. The minimum absolute atomic E-state index is 0.613. The van der Waals surface area contributed by atoms with Crippen molar-refractivity contribution in [2.24, 2.45) is 5.73 Å². The first kappa shape index (κ1) is 15.9. The highest BCUT2D eigenvalue weighted by Crippen LogP contribution is 2.21. The van der Waals surface area contributed by atoms with Gasteiger partial charge in [0, 0.05) is 26.2 Å². The van der Waals surface area contributed by atoms with Crippen molar-refractivity contribution in [3.63, 3.8) is 0 Å². The molecule has 0 bridgehead atoms. The summed E-state index contributed by atoms with van der Waals surface area (Å²) < 4.78 is 25.5. The number of unbranched alkanes of at least 4 members (excludes halogenated alkanes) is 1. The van der Waals surface area contributed by atoms with E-state index in [-0.39, 0.29) is 0 Å². The van der Waals surface area contributed by atoms with E-state index in [0.29, 0.717) is 13.1 Å². The largest absolute Gasteiger partial charge is 0.330 e. The van der Waals surface area contributed by atoms with Gasteiger partial charge in [-0.3, -0.25) is 0 Å².